The van der Waals surface area contributed by atoms with Crippen LogP contribution in [-0.4, -0.2) is 23.9 Å². The van der Waals surface area contributed by atoms with Crippen LogP contribution in [0, 0.1) is 0 Å². The Morgan fingerprint density at radius 1 is 0.306 bits per heavy atom. The number of furan rings is 1. The highest BCUT2D eigenvalue weighted by molar-refractivity contribution is 6.17. The van der Waals surface area contributed by atoms with Crippen molar-refractivity contribution >= 4 is 65.6 Å². The zero-order valence-corrected chi connectivity index (χ0v) is 33.4. The molecule has 6 nitrogen and oxygen atoms in total. The molecule has 62 heavy (non-hydrogen) atoms. The normalized spacial score (nSPS) is 11.9. The number of nitrogens with zero attached hydrogens (tertiary/aromatic N) is 5. The van der Waals surface area contributed by atoms with Gasteiger partial charge in [-0.05, 0) is 66.2 Å². The third-order valence-corrected chi connectivity index (χ3v) is 12.4. The van der Waals surface area contributed by atoms with Crippen LogP contribution in [0.5, 0.6) is 0 Å². The van der Waals surface area contributed by atoms with E-state index in [0.717, 1.165) is 100 Å². The van der Waals surface area contributed by atoms with Crippen LogP contribution < -0.4 is 0 Å². The van der Waals surface area contributed by atoms with Gasteiger partial charge in [0.25, 0.3) is 0 Å². The van der Waals surface area contributed by atoms with E-state index in [9.17, 15) is 0 Å². The fourth-order valence-electron chi connectivity index (χ4n) is 9.63. The van der Waals surface area contributed by atoms with Crippen LogP contribution >= 0.6 is 0 Å². The highest BCUT2D eigenvalue weighted by Gasteiger charge is 2.22. The molecule has 9 aromatic carbocycles. The SMILES string of the molecule is c1ccc(-c2nnc(-c3ccccc3)n2-c2ccc3c(c2)c2ccccc2n3-c2cccc(-c3ccccc3-n3c4ccccc4c4cc5c(cc43)oc3ccccc35)c2)cc1. The van der Waals surface area contributed by atoms with Crippen molar-refractivity contribution in [3.8, 4) is 51.0 Å². The van der Waals surface area contributed by atoms with Crippen LogP contribution in [0.1, 0.15) is 0 Å². The molecule has 0 spiro atoms. The van der Waals surface area contributed by atoms with Gasteiger partial charge in [-0.15, -0.1) is 10.2 Å². The Bertz CT molecular complexity index is 3810. The lowest BCUT2D eigenvalue weighted by Crippen LogP contribution is -2.01. The highest BCUT2D eigenvalue weighted by atomic mass is 16.3. The monoisotopic (exact) mass is 793 g/mol. The smallest absolute Gasteiger partial charge is 0.168 e. The summed E-state index contributed by atoms with van der Waals surface area (Å²) in [6.45, 7) is 0. The fraction of sp³-hybridized carbons (Fsp3) is 0. The summed E-state index contributed by atoms with van der Waals surface area (Å²) in [6, 6.07) is 75.2. The zero-order chi connectivity index (χ0) is 40.7. The highest BCUT2D eigenvalue weighted by Crippen LogP contribution is 2.41. The number of aromatic nitrogens is 5. The lowest BCUT2D eigenvalue weighted by molar-refractivity contribution is 0.669. The predicted molar refractivity (Wildman–Crippen MR) is 254 cm³/mol. The molecule has 6 heteroatoms. The summed E-state index contributed by atoms with van der Waals surface area (Å²) in [4.78, 5) is 0. The number of fused-ring (bicyclic) bond motifs is 9. The van der Waals surface area contributed by atoms with E-state index < -0.39 is 0 Å². The second-order valence-electron chi connectivity index (χ2n) is 15.9. The minimum atomic E-state index is 0.796. The molecule has 290 valence electrons. The van der Waals surface area contributed by atoms with Crippen molar-refractivity contribution in [1.29, 1.82) is 0 Å². The van der Waals surface area contributed by atoms with Crippen LogP contribution in [0.2, 0.25) is 0 Å². The number of para-hydroxylation sites is 4. The maximum Gasteiger partial charge on any atom is 0.168 e. The van der Waals surface area contributed by atoms with Crippen molar-refractivity contribution in [3.63, 3.8) is 0 Å². The average molecular weight is 794 g/mol. The molecule has 0 atom stereocenters. The van der Waals surface area contributed by atoms with Gasteiger partial charge < -0.3 is 13.6 Å². The molecule has 0 aliphatic heterocycles. The van der Waals surface area contributed by atoms with E-state index in [0.29, 0.717) is 0 Å². The lowest BCUT2D eigenvalue weighted by atomic mass is 10.0. The van der Waals surface area contributed by atoms with Crippen molar-refractivity contribution in [2.75, 3.05) is 0 Å². The largest absolute Gasteiger partial charge is 0.456 e. The first kappa shape index (κ1) is 34.4. The first-order valence-corrected chi connectivity index (χ1v) is 20.9. The summed E-state index contributed by atoms with van der Waals surface area (Å²) < 4.78 is 13.4. The first-order chi connectivity index (χ1) is 30.8. The Morgan fingerprint density at radius 3 is 1.61 bits per heavy atom. The van der Waals surface area contributed by atoms with Gasteiger partial charge in [0.1, 0.15) is 11.2 Å². The molecule has 0 aliphatic rings. The number of rotatable bonds is 6. The van der Waals surface area contributed by atoms with E-state index in [-0.39, 0.29) is 0 Å². The van der Waals surface area contributed by atoms with Crippen LogP contribution in [0.25, 0.3) is 117 Å². The van der Waals surface area contributed by atoms with Gasteiger partial charge in [0.15, 0.2) is 11.6 Å². The molecule has 13 aromatic rings. The van der Waals surface area contributed by atoms with Crippen LogP contribution in [0.15, 0.2) is 217 Å². The maximum atomic E-state index is 6.45. The summed E-state index contributed by atoms with van der Waals surface area (Å²) in [6.07, 6.45) is 0. The number of benzene rings is 9. The molecule has 0 radical (unpaired) electrons. The van der Waals surface area contributed by atoms with Crippen molar-refractivity contribution in [2.45, 2.75) is 0 Å². The molecule has 0 fully saturated rings. The molecule has 4 heterocycles. The molecule has 0 saturated heterocycles. The number of hydrogen-bond acceptors (Lipinski definition) is 3. The Hall–Kier alpha value is -8.48. The molecular formula is C56H35N5O. The van der Waals surface area contributed by atoms with Crippen molar-refractivity contribution < 1.29 is 4.42 Å². The van der Waals surface area contributed by atoms with Crippen molar-refractivity contribution in [1.82, 2.24) is 23.9 Å². The summed E-state index contributed by atoms with van der Waals surface area (Å²) in [7, 11) is 0. The van der Waals surface area contributed by atoms with E-state index in [1.165, 1.54) is 16.2 Å². The third kappa shape index (κ3) is 5.17. The Kier molecular flexibility index (Phi) is 7.50. The van der Waals surface area contributed by atoms with E-state index >= 15 is 0 Å². The van der Waals surface area contributed by atoms with Crippen LogP contribution in [0.4, 0.5) is 0 Å². The van der Waals surface area contributed by atoms with Crippen molar-refractivity contribution in [3.05, 3.63) is 212 Å². The average Bonchev–Trinajstić information content (AvgIpc) is 4.11. The number of hydrogen-bond donors (Lipinski definition) is 0. The molecule has 0 unspecified atom stereocenters. The molecule has 0 N–H and O–H groups in total. The lowest BCUT2D eigenvalue weighted by Gasteiger charge is -2.16. The summed E-state index contributed by atoms with van der Waals surface area (Å²) in [5.41, 5.74) is 13.8. The Morgan fingerprint density at radius 2 is 0.871 bits per heavy atom. The maximum absolute atomic E-state index is 6.45. The van der Waals surface area contributed by atoms with Crippen molar-refractivity contribution in [2.24, 2.45) is 0 Å². The second kappa shape index (κ2) is 13.5. The van der Waals surface area contributed by atoms with Gasteiger partial charge in [0.05, 0.1) is 33.4 Å². The quantitative estimate of drug-likeness (QED) is 0.168. The predicted octanol–water partition coefficient (Wildman–Crippen LogP) is 14.4. The van der Waals surface area contributed by atoms with Gasteiger partial charge in [-0.25, -0.2) is 0 Å². The summed E-state index contributed by atoms with van der Waals surface area (Å²) in [5, 5.41) is 16.5. The zero-order valence-electron chi connectivity index (χ0n) is 33.4. The van der Waals surface area contributed by atoms with Gasteiger partial charge in [-0.2, -0.15) is 0 Å². The van der Waals surface area contributed by atoms with Crippen LogP contribution in [-0.2, 0) is 0 Å². The molecule has 0 amide bonds. The molecule has 0 aliphatic carbocycles. The molecular weight excluding hydrogens is 759 g/mol. The van der Waals surface area contributed by atoms with E-state index in [1.54, 1.807) is 0 Å². The topological polar surface area (TPSA) is 53.7 Å². The molecule has 0 bridgehead atoms. The van der Waals surface area contributed by atoms with Gasteiger partial charge >= 0.3 is 0 Å². The standard InChI is InChI=1S/C56H35N5O/c1-3-16-36(17-4-1)55-57-58-56(37-18-5-2-6-19-37)60(55)40-30-31-51-45(33-40)42-23-8-12-27-49(42)59(51)39-21-15-20-38(32-39)41-22-7-11-26-48(41)61-50-28-13-9-24-43(50)46-34-47-44-25-10-14-29-53(44)62-54(47)35-52(46)61/h1-35H. The van der Waals surface area contributed by atoms with Gasteiger partial charge in [-0.1, -0.05) is 146 Å². The van der Waals surface area contributed by atoms with Gasteiger partial charge in [0.2, 0.25) is 0 Å². The molecule has 0 saturated carbocycles. The van der Waals surface area contributed by atoms with Gasteiger partial charge in [0, 0.05) is 60.8 Å². The van der Waals surface area contributed by atoms with Crippen LogP contribution in [0.3, 0.4) is 0 Å². The fourth-order valence-corrected chi connectivity index (χ4v) is 9.63. The van der Waals surface area contributed by atoms with E-state index in [2.05, 4.69) is 177 Å². The molecule has 13 rings (SSSR count). The first-order valence-electron chi connectivity index (χ1n) is 20.9. The van der Waals surface area contributed by atoms with E-state index in [1.807, 2.05) is 48.5 Å². The third-order valence-electron chi connectivity index (χ3n) is 12.4. The van der Waals surface area contributed by atoms with E-state index in [4.69, 9.17) is 14.6 Å². The minimum Gasteiger partial charge on any atom is -0.456 e. The molecule has 4 aromatic heterocycles. The minimum absolute atomic E-state index is 0.796. The summed E-state index contributed by atoms with van der Waals surface area (Å²) >= 11 is 0. The Balaban J connectivity index is 0.988. The summed E-state index contributed by atoms with van der Waals surface area (Å²) in [5.74, 6) is 1.59. The second-order valence-corrected chi connectivity index (χ2v) is 15.9. The Labute approximate surface area is 355 Å². The van der Waals surface area contributed by atoms with Gasteiger partial charge in [-0.3, -0.25) is 4.57 Å².